The van der Waals surface area contributed by atoms with Crippen LogP contribution in [0.2, 0.25) is 10.0 Å². The van der Waals surface area contributed by atoms with E-state index in [1.54, 1.807) is 12.1 Å². The van der Waals surface area contributed by atoms with Crippen molar-refractivity contribution in [1.29, 1.82) is 0 Å². The van der Waals surface area contributed by atoms with Gasteiger partial charge >= 0.3 is 0 Å². The third-order valence-electron chi connectivity index (χ3n) is 3.03. The molecule has 0 aliphatic heterocycles. The molecule has 96 valence electrons. The fraction of sp³-hybridized carbons (Fsp3) is 0.0714. The molecule has 5 heteroatoms. The van der Waals surface area contributed by atoms with Crippen molar-refractivity contribution in [3.05, 3.63) is 45.9 Å². The summed E-state index contributed by atoms with van der Waals surface area (Å²) >= 11 is 12.1. The molecule has 1 heterocycles. The zero-order valence-electron chi connectivity index (χ0n) is 10.2. The molecule has 0 saturated carbocycles. The monoisotopic (exact) mass is 291 g/mol. The number of fused-ring (bicyclic) bond motifs is 1. The Balaban J connectivity index is 2.20. The van der Waals surface area contributed by atoms with Gasteiger partial charge in [-0.1, -0.05) is 35.3 Å². The lowest BCUT2D eigenvalue weighted by Crippen LogP contribution is -1.86. The van der Waals surface area contributed by atoms with Gasteiger partial charge in [-0.2, -0.15) is 0 Å². The minimum absolute atomic E-state index is 0.559. The smallest absolute Gasteiger partial charge is 0.138 e. The van der Waals surface area contributed by atoms with Crippen LogP contribution < -0.4 is 5.73 Å². The van der Waals surface area contributed by atoms with Gasteiger partial charge in [-0.25, -0.2) is 4.98 Å². The van der Waals surface area contributed by atoms with Crippen LogP contribution in [-0.2, 0) is 0 Å². The maximum atomic E-state index is 6.13. The fourth-order valence-electron chi connectivity index (χ4n) is 1.98. The van der Waals surface area contributed by atoms with Crippen molar-refractivity contribution in [2.24, 2.45) is 0 Å². The average Bonchev–Trinajstić information content (AvgIpc) is 2.76. The largest absolute Gasteiger partial charge is 0.397 e. The van der Waals surface area contributed by atoms with Gasteiger partial charge in [0.25, 0.3) is 0 Å². The highest BCUT2D eigenvalue weighted by Gasteiger charge is 2.09. The van der Waals surface area contributed by atoms with Gasteiger partial charge < -0.3 is 10.7 Å². The van der Waals surface area contributed by atoms with Crippen LogP contribution in [0, 0.1) is 6.92 Å². The lowest BCUT2D eigenvalue weighted by molar-refractivity contribution is 1.33. The van der Waals surface area contributed by atoms with Crippen LogP contribution >= 0.6 is 23.2 Å². The summed E-state index contributed by atoms with van der Waals surface area (Å²) in [5.41, 5.74) is 9.95. The van der Waals surface area contributed by atoms with E-state index >= 15 is 0 Å². The zero-order valence-corrected chi connectivity index (χ0v) is 11.7. The van der Waals surface area contributed by atoms with Crippen molar-refractivity contribution in [1.82, 2.24) is 9.97 Å². The molecule has 0 unspecified atom stereocenters. The highest BCUT2D eigenvalue weighted by molar-refractivity contribution is 6.32. The first kappa shape index (κ1) is 12.3. The molecule has 3 rings (SSSR count). The normalized spacial score (nSPS) is 11.1. The summed E-state index contributed by atoms with van der Waals surface area (Å²) in [6, 6.07) is 9.31. The number of halogens is 2. The summed E-state index contributed by atoms with van der Waals surface area (Å²) in [6.07, 6.45) is 0. The number of H-pyrrole nitrogens is 1. The minimum atomic E-state index is 0.559. The summed E-state index contributed by atoms with van der Waals surface area (Å²) in [4.78, 5) is 7.70. The minimum Gasteiger partial charge on any atom is -0.397 e. The van der Waals surface area contributed by atoms with E-state index < -0.39 is 0 Å². The summed E-state index contributed by atoms with van der Waals surface area (Å²) in [6.45, 7) is 1.96. The third kappa shape index (κ3) is 2.15. The number of aromatic amines is 1. The molecule has 3 nitrogen and oxygen atoms in total. The molecular formula is C14H11Cl2N3. The Labute approximate surface area is 120 Å². The molecule has 0 bridgehead atoms. The Morgan fingerprint density at radius 1 is 1.16 bits per heavy atom. The molecule has 0 atom stereocenters. The lowest BCUT2D eigenvalue weighted by Gasteiger charge is -2.00. The van der Waals surface area contributed by atoms with Gasteiger partial charge in [0.15, 0.2) is 0 Å². The Kier molecular flexibility index (Phi) is 2.88. The number of nitrogen functional groups attached to an aromatic ring is 1. The first-order valence-electron chi connectivity index (χ1n) is 5.76. The van der Waals surface area contributed by atoms with Crippen molar-refractivity contribution >= 4 is 39.9 Å². The first-order valence-corrected chi connectivity index (χ1v) is 6.51. The molecule has 19 heavy (non-hydrogen) atoms. The summed E-state index contributed by atoms with van der Waals surface area (Å²) in [7, 11) is 0. The quantitative estimate of drug-likeness (QED) is 0.652. The number of nitrogens with two attached hydrogens (primary N) is 1. The molecule has 0 radical (unpaired) electrons. The molecule has 0 fully saturated rings. The molecule has 3 aromatic rings. The fourth-order valence-corrected chi connectivity index (χ4v) is 2.39. The second kappa shape index (κ2) is 4.44. The van der Waals surface area contributed by atoms with E-state index in [0.717, 1.165) is 28.0 Å². The zero-order chi connectivity index (χ0) is 13.6. The molecule has 0 saturated heterocycles. The first-order chi connectivity index (χ1) is 9.04. The number of benzene rings is 2. The Morgan fingerprint density at radius 3 is 2.68 bits per heavy atom. The van der Waals surface area contributed by atoms with Crippen LogP contribution in [0.1, 0.15) is 5.56 Å². The predicted octanol–water partition coefficient (Wildman–Crippen LogP) is 4.43. The van der Waals surface area contributed by atoms with Crippen LogP contribution in [0.3, 0.4) is 0 Å². The third-order valence-corrected chi connectivity index (χ3v) is 3.65. The Hall–Kier alpha value is -1.71. The number of rotatable bonds is 1. The van der Waals surface area contributed by atoms with Crippen molar-refractivity contribution < 1.29 is 0 Å². The number of aromatic nitrogens is 2. The van der Waals surface area contributed by atoms with E-state index in [-0.39, 0.29) is 0 Å². The van der Waals surface area contributed by atoms with Gasteiger partial charge in [0.2, 0.25) is 0 Å². The van der Waals surface area contributed by atoms with Gasteiger partial charge in [-0.15, -0.1) is 0 Å². The van der Waals surface area contributed by atoms with E-state index in [1.807, 2.05) is 25.1 Å². The Morgan fingerprint density at radius 2 is 1.95 bits per heavy atom. The van der Waals surface area contributed by atoms with E-state index in [0.29, 0.717) is 15.7 Å². The van der Waals surface area contributed by atoms with E-state index in [9.17, 15) is 0 Å². The highest BCUT2D eigenvalue weighted by atomic mass is 35.5. The van der Waals surface area contributed by atoms with Crippen LogP contribution in [0.25, 0.3) is 22.4 Å². The highest BCUT2D eigenvalue weighted by Crippen LogP contribution is 2.29. The molecule has 0 aliphatic rings. The number of aryl methyl sites for hydroxylation is 1. The summed E-state index contributed by atoms with van der Waals surface area (Å²) in [5.74, 6) is 0.728. The van der Waals surface area contributed by atoms with Crippen LogP contribution in [0.5, 0.6) is 0 Å². The van der Waals surface area contributed by atoms with E-state index in [1.165, 1.54) is 0 Å². The van der Waals surface area contributed by atoms with Gasteiger partial charge in [0, 0.05) is 15.6 Å². The predicted molar refractivity (Wildman–Crippen MR) is 80.7 cm³/mol. The average molecular weight is 292 g/mol. The van der Waals surface area contributed by atoms with Crippen molar-refractivity contribution in [3.63, 3.8) is 0 Å². The van der Waals surface area contributed by atoms with Crippen molar-refractivity contribution in [2.75, 3.05) is 5.73 Å². The van der Waals surface area contributed by atoms with Gasteiger partial charge in [-0.3, -0.25) is 0 Å². The topological polar surface area (TPSA) is 54.7 Å². The maximum Gasteiger partial charge on any atom is 0.138 e. The molecule has 1 aromatic heterocycles. The second-order valence-corrected chi connectivity index (χ2v) is 5.28. The number of hydrogen-bond acceptors (Lipinski definition) is 2. The molecule has 3 N–H and O–H groups in total. The van der Waals surface area contributed by atoms with Crippen molar-refractivity contribution in [2.45, 2.75) is 6.92 Å². The number of hydrogen-bond donors (Lipinski definition) is 2. The van der Waals surface area contributed by atoms with E-state index in [4.69, 9.17) is 28.9 Å². The van der Waals surface area contributed by atoms with Crippen LogP contribution in [0.15, 0.2) is 30.3 Å². The summed E-state index contributed by atoms with van der Waals surface area (Å²) in [5, 5.41) is 1.30. The number of nitrogens with one attached hydrogen (secondary N) is 1. The SMILES string of the molecule is Cc1ccc(-c2nc3c(N)cc(Cl)cc3[nH]2)cc1Cl. The molecule has 2 aromatic carbocycles. The summed E-state index contributed by atoms with van der Waals surface area (Å²) < 4.78 is 0. The standard InChI is InChI=1S/C14H11Cl2N3/c1-7-2-3-8(4-10(7)16)14-18-12-6-9(15)5-11(17)13(12)19-14/h2-6H,17H2,1H3,(H,18,19). The number of imidazole rings is 1. The Bertz CT molecular complexity index is 778. The lowest BCUT2D eigenvalue weighted by atomic mass is 10.1. The molecule has 0 aliphatic carbocycles. The molecule has 0 spiro atoms. The van der Waals surface area contributed by atoms with Gasteiger partial charge in [-0.05, 0) is 30.7 Å². The van der Waals surface area contributed by atoms with E-state index in [2.05, 4.69) is 9.97 Å². The van der Waals surface area contributed by atoms with Crippen molar-refractivity contribution in [3.8, 4) is 11.4 Å². The number of anilines is 1. The number of nitrogens with zero attached hydrogens (tertiary/aromatic N) is 1. The molecule has 0 amide bonds. The molecular weight excluding hydrogens is 281 g/mol. The van der Waals surface area contributed by atoms with Gasteiger partial charge in [0.05, 0.1) is 11.2 Å². The second-order valence-electron chi connectivity index (χ2n) is 4.44. The van der Waals surface area contributed by atoms with Gasteiger partial charge in [0.1, 0.15) is 11.3 Å². The maximum absolute atomic E-state index is 6.13. The van der Waals surface area contributed by atoms with Crippen LogP contribution in [-0.4, -0.2) is 9.97 Å². The van der Waals surface area contributed by atoms with Crippen LogP contribution in [0.4, 0.5) is 5.69 Å².